The van der Waals surface area contributed by atoms with Gasteiger partial charge < -0.3 is 9.84 Å². The summed E-state index contributed by atoms with van der Waals surface area (Å²) in [5.74, 6) is -1.61. The summed E-state index contributed by atoms with van der Waals surface area (Å²) in [4.78, 5) is 20.7. The maximum atomic E-state index is 12.5. The number of benzene rings is 1. The molecule has 1 N–H and O–H groups in total. The Balaban J connectivity index is 3.09. The van der Waals surface area contributed by atoms with Gasteiger partial charge in [0.1, 0.15) is 6.61 Å². The first kappa shape index (κ1) is 16.7. The first-order chi connectivity index (χ1) is 9.45. The Labute approximate surface area is 117 Å². The minimum Gasteiger partial charge on any atom is -0.486 e. The second kappa shape index (κ2) is 5.58. The smallest absolute Gasteiger partial charge is 0.416 e. The third kappa shape index (κ3) is 4.07. The lowest BCUT2D eigenvalue weighted by molar-refractivity contribution is -0.386. The van der Waals surface area contributed by atoms with Crippen molar-refractivity contribution in [1.29, 1.82) is 0 Å². The van der Waals surface area contributed by atoms with Crippen LogP contribution < -0.4 is 4.74 Å². The number of nitro groups is 1. The summed E-state index contributed by atoms with van der Waals surface area (Å²) in [7, 11) is 0. The molecule has 1 aromatic carbocycles. The fourth-order valence-electron chi connectivity index (χ4n) is 1.28. The number of aliphatic carboxylic acids is 1. The molecule has 0 aliphatic carbocycles. The van der Waals surface area contributed by atoms with Crippen LogP contribution in [-0.2, 0) is 11.0 Å². The van der Waals surface area contributed by atoms with Gasteiger partial charge in [-0.05, 0) is 26.0 Å². The number of nitro benzene ring substituents is 1. The first-order valence-electron chi connectivity index (χ1n) is 5.67. The van der Waals surface area contributed by atoms with Crippen LogP contribution in [0.4, 0.5) is 18.9 Å². The van der Waals surface area contributed by atoms with Crippen LogP contribution in [0.15, 0.2) is 18.2 Å². The van der Waals surface area contributed by atoms with Crippen molar-refractivity contribution in [3.8, 4) is 5.75 Å². The highest BCUT2D eigenvalue weighted by molar-refractivity contribution is 5.73. The van der Waals surface area contributed by atoms with E-state index in [0.717, 1.165) is 6.07 Å². The molecule has 0 aliphatic heterocycles. The normalized spacial score (nSPS) is 12.0. The van der Waals surface area contributed by atoms with Crippen LogP contribution >= 0.6 is 0 Å². The predicted molar refractivity (Wildman–Crippen MR) is 65.0 cm³/mol. The molecule has 6 nitrogen and oxygen atoms in total. The molecule has 1 rings (SSSR count). The van der Waals surface area contributed by atoms with Gasteiger partial charge in [0.15, 0.2) is 5.75 Å². The zero-order chi connectivity index (χ0) is 16.4. The standard InChI is InChI=1S/C12H12F3NO5/c1-11(2,10(17)18)6-21-9-4-3-7(12(13,14)15)5-8(9)16(19)20/h3-5H,6H2,1-2H3,(H,17,18). The third-order valence-corrected chi connectivity index (χ3v) is 2.65. The van der Waals surface area contributed by atoms with E-state index in [1.54, 1.807) is 0 Å². The highest BCUT2D eigenvalue weighted by atomic mass is 19.4. The molecular formula is C12H12F3NO5. The summed E-state index contributed by atoms with van der Waals surface area (Å²) in [5, 5.41) is 19.7. The van der Waals surface area contributed by atoms with Gasteiger partial charge >= 0.3 is 17.8 Å². The lowest BCUT2D eigenvalue weighted by atomic mass is 9.95. The Morgan fingerprint density at radius 1 is 1.38 bits per heavy atom. The lowest BCUT2D eigenvalue weighted by Gasteiger charge is -2.19. The van der Waals surface area contributed by atoms with Crippen molar-refractivity contribution in [2.24, 2.45) is 5.41 Å². The fraction of sp³-hybridized carbons (Fsp3) is 0.417. The van der Waals surface area contributed by atoms with Gasteiger partial charge in [-0.3, -0.25) is 14.9 Å². The Morgan fingerprint density at radius 2 is 1.95 bits per heavy atom. The molecule has 21 heavy (non-hydrogen) atoms. The molecule has 0 aliphatic rings. The van der Waals surface area contributed by atoms with E-state index in [-0.39, 0.29) is 0 Å². The molecule has 0 amide bonds. The van der Waals surface area contributed by atoms with Crippen LogP contribution in [0.2, 0.25) is 0 Å². The molecule has 0 radical (unpaired) electrons. The lowest BCUT2D eigenvalue weighted by Crippen LogP contribution is -2.30. The number of ether oxygens (including phenoxy) is 1. The van der Waals surface area contributed by atoms with E-state index >= 15 is 0 Å². The van der Waals surface area contributed by atoms with Crippen molar-refractivity contribution in [2.45, 2.75) is 20.0 Å². The van der Waals surface area contributed by atoms with E-state index in [0.29, 0.717) is 12.1 Å². The molecular weight excluding hydrogens is 295 g/mol. The molecule has 9 heteroatoms. The zero-order valence-electron chi connectivity index (χ0n) is 11.1. The van der Waals surface area contributed by atoms with E-state index in [4.69, 9.17) is 9.84 Å². The molecule has 0 saturated carbocycles. The average Bonchev–Trinajstić information content (AvgIpc) is 2.34. The first-order valence-corrected chi connectivity index (χ1v) is 5.67. The van der Waals surface area contributed by atoms with E-state index in [1.165, 1.54) is 13.8 Å². The molecule has 0 heterocycles. The molecule has 0 saturated heterocycles. The number of rotatable bonds is 5. The molecule has 0 atom stereocenters. The second-order valence-corrected chi connectivity index (χ2v) is 4.92. The summed E-state index contributed by atoms with van der Waals surface area (Å²) in [6, 6.07) is 1.79. The molecule has 0 bridgehead atoms. The number of carbonyl (C=O) groups is 1. The Morgan fingerprint density at radius 3 is 2.38 bits per heavy atom. The van der Waals surface area contributed by atoms with Crippen LogP contribution in [0.3, 0.4) is 0 Å². The van der Waals surface area contributed by atoms with E-state index < -0.39 is 46.1 Å². The van der Waals surface area contributed by atoms with Gasteiger partial charge in [-0.25, -0.2) is 0 Å². The van der Waals surface area contributed by atoms with Gasteiger partial charge in [-0.1, -0.05) is 0 Å². The molecule has 0 spiro atoms. The Bertz CT molecular complexity index is 569. The van der Waals surface area contributed by atoms with Crippen LogP contribution in [-0.4, -0.2) is 22.6 Å². The molecule has 116 valence electrons. The van der Waals surface area contributed by atoms with Crippen molar-refractivity contribution < 1.29 is 32.7 Å². The molecule has 0 fully saturated rings. The predicted octanol–water partition coefficient (Wildman–Crippen LogP) is 3.10. The quantitative estimate of drug-likeness (QED) is 0.667. The van der Waals surface area contributed by atoms with Gasteiger partial charge in [-0.2, -0.15) is 13.2 Å². The topological polar surface area (TPSA) is 89.7 Å². The van der Waals surface area contributed by atoms with Gasteiger partial charge in [0.25, 0.3) is 0 Å². The number of carboxylic acid groups (broad SMARTS) is 1. The third-order valence-electron chi connectivity index (χ3n) is 2.65. The van der Waals surface area contributed by atoms with Gasteiger partial charge in [0.05, 0.1) is 15.9 Å². The summed E-state index contributed by atoms with van der Waals surface area (Å²) in [6.07, 6.45) is -4.72. The molecule has 1 aromatic rings. The minimum atomic E-state index is -4.72. The minimum absolute atomic E-state index is 0.350. The molecule has 0 aromatic heterocycles. The highest BCUT2D eigenvalue weighted by Crippen LogP contribution is 2.36. The summed E-state index contributed by atoms with van der Waals surface area (Å²) < 4.78 is 42.5. The Hall–Kier alpha value is -2.32. The number of nitrogens with zero attached hydrogens (tertiary/aromatic N) is 1. The van der Waals surface area contributed by atoms with E-state index in [9.17, 15) is 28.1 Å². The van der Waals surface area contributed by atoms with Crippen LogP contribution in [0.25, 0.3) is 0 Å². The van der Waals surface area contributed by atoms with E-state index in [2.05, 4.69) is 0 Å². The van der Waals surface area contributed by atoms with Gasteiger partial charge in [-0.15, -0.1) is 0 Å². The fourth-order valence-corrected chi connectivity index (χ4v) is 1.28. The SMILES string of the molecule is CC(C)(COc1ccc(C(F)(F)F)cc1[N+](=O)[O-])C(=O)O. The summed E-state index contributed by atoms with van der Waals surface area (Å²) >= 11 is 0. The average molecular weight is 307 g/mol. The number of carboxylic acids is 1. The van der Waals surface area contributed by atoms with Crippen molar-refractivity contribution in [2.75, 3.05) is 6.61 Å². The van der Waals surface area contributed by atoms with Crippen molar-refractivity contribution in [3.63, 3.8) is 0 Å². The highest BCUT2D eigenvalue weighted by Gasteiger charge is 2.34. The second-order valence-electron chi connectivity index (χ2n) is 4.92. The maximum Gasteiger partial charge on any atom is 0.416 e. The monoisotopic (exact) mass is 307 g/mol. The summed E-state index contributed by atoms with van der Waals surface area (Å²) in [5.41, 5.74) is -3.39. The van der Waals surface area contributed by atoms with Crippen LogP contribution in [0.1, 0.15) is 19.4 Å². The zero-order valence-corrected chi connectivity index (χ0v) is 11.1. The molecule has 0 unspecified atom stereocenters. The number of hydrogen-bond acceptors (Lipinski definition) is 4. The van der Waals surface area contributed by atoms with Crippen molar-refractivity contribution in [1.82, 2.24) is 0 Å². The number of halogens is 3. The number of hydrogen-bond donors (Lipinski definition) is 1. The van der Waals surface area contributed by atoms with Crippen molar-refractivity contribution >= 4 is 11.7 Å². The van der Waals surface area contributed by atoms with Crippen LogP contribution in [0, 0.1) is 15.5 Å². The van der Waals surface area contributed by atoms with Crippen molar-refractivity contribution in [3.05, 3.63) is 33.9 Å². The largest absolute Gasteiger partial charge is 0.486 e. The maximum absolute atomic E-state index is 12.5. The van der Waals surface area contributed by atoms with E-state index in [1.807, 2.05) is 0 Å². The Kier molecular flexibility index (Phi) is 4.45. The number of alkyl halides is 3. The summed E-state index contributed by atoms with van der Waals surface area (Å²) in [6.45, 7) is 2.23. The van der Waals surface area contributed by atoms with Crippen LogP contribution in [0.5, 0.6) is 5.75 Å². The van der Waals surface area contributed by atoms with Gasteiger partial charge in [0, 0.05) is 6.07 Å². The van der Waals surface area contributed by atoms with Gasteiger partial charge in [0.2, 0.25) is 0 Å².